The minimum atomic E-state index is 0.795. The zero-order valence-electron chi connectivity index (χ0n) is 11.9. The fourth-order valence-corrected chi connectivity index (χ4v) is 4.05. The summed E-state index contributed by atoms with van der Waals surface area (Å²) in [5.41, 5.74) is 0. The summed E-state index contributed by atoms with van der Waals surface area (Å²) in [5, 5.41) is 3.22. The molecule has 0 saturated heterocycles. The van der Waals surface area contributed by atoms with Crippen molar-refractivity contribution < 1.29 is 0 Å². The predicted octanol–water partition coefficient (Wildman–Crippen LogP) is 3.48. The molecule has 0 aliphatic heterocycles. The monoisotopic (exact) mass is 266 g/mol. The van der Waals surface area contributed by atoms with Crippen molar-refractivity contribution in [3.8, 4) is 0 Å². The molecular formula is C15H26N2S. The molecule has 1 aliphatic carbocycles. The summed E-state index contributed by atoms with van der Waals surface area (Å²) in [4.78, 5) is 5.50. The normalized spacial score (nSPS) is 24.7. The zero-order chi connectivity index (χ0) is 13.0. The third-order valence-corrected chi connectivity index (χ3v) is 5.08. The Bertz CT molecular complexity index is 361. The van der Waals surface area contributed by atoms with E-state index in [1.54, 1.807) is 0 Å². The van der Waals surface area contributed by atoms with E-state index in [1.165, 1.54) is 35.4 Å². The molecule has 0 aromatic carbocycles. The molecule has 0 radical (unpaired) electrons. The van der Waals surface area contributed by atoms with E-state index in [-0.39, 0.29) is 0 Å². The van der Waals surface area contributed by atoms with Gasteiger partial charge in [-0.1, -0.05) is 19.8 Å². The van der Waals surface area contributed by atoms with E-state index in [9.17, 15) is 0 Å². The van der Waals surface area contributed by atoms with Crippen LogP contribution >= 0.6 is 11.3 Å². The van der Waals surface area contributed by atoms with E-state index in [1.807, 2.05) is 18.4 Å². The molecule has 0 bridgehead atoms. The van der Waals surface area contributed by atoms with Gasteiger partial charge in [0, 0.05) is 28.9 Å². The smallest absolute Gasteiger partial charge is 0.0327 e. The van der Waals surface area contributed by atoms with Gasteiger partial charge in [0.05, 0.1) is 0 Å². The van der Waals surface area contributed by atoms with Crippen molar-refractivity contribution in [2.24, 2.45) is 5.92 Å². The molecule has 3 heteroatoms. The van der Waals surface area contributed by atoms with Gasteiger partial charge in [0.15, 0.2) is 0 Å². The Hall–Kier alpha value is -0.380. The summed E-state index contributed by atoms with van der Waals surface area (Å²) in [6.45, 7) is 4.51. The van der Waals surface area contributed by atoms with Crippen LogP contribution in [0.25, 0.3) is 0 Å². The van der Waals surface area contributed by atoms with Crippen molar-refractivity contribution in [3.05, 3.63) is 21.9 Å². The SMILES string of the molecule is CNCc1ccc(CN(C)C2CCCC(C)C2)s1. The highest BCUT2D eigenvalue weighted by Gasteiger charge is 2.22. The van der Waals surface area contributed by atoms with Crippen molar-refractivity contribution >= 4 is 11.3 Å². The number of hydrogen-bond acceptors (Lipinski definition) is 3. The first kappa shape index (κ1) is 14.0. The summed E-state index contributed by atoms with van der Waals surface area (Å²) in [6.07, 6.45) is 5.60. The maximum absolute atomic E-state index is 3.22. The second-order valence-electron chi connectivity index (χ2n) is 5.74. The number of thiophene rings is 1. The average molecular weight is 266 g/mol. The molecule has 102 valence electrons. The zero-order valence-corrected chi connectivity index (χ0v) is 12.7. The first-order valence-corrected chi connectivity index (χ1v) is 7.93. The summed E-state index contributed by atoms with van der Waals surface area (Å²) >= 11 is 1.95. The first-order chi connectivity index (χ1) is 8.69. The van der Waals surface area contributed by atoms with Crippen LogP contribution in [-0.4, -0.2) is 25.0 Å². The van der Waals surface area contributed by atoms with Crippen LogP contribution in [0.5, 0.6) is 0 Å². The average Bonchev–Trinajstić information content (AvgIpc) is 2.77. The lowest BCUT2D eigenvalue weighted by atomic mass is 9.86. The Labute approximate surface area is 115 Å². The molecule has 2 nitrogen and oxygen atoms in total. The molecule has 1 heterocycles. The summed E-state index contributed by atoms with van der Waals surface area (Å²) in [6, 6.07) is 5.34. The van der Waals surface area contributed by atoms with Crippen LogP contribution in [0.2, 0.25) is 0 Å². The third kappa shape index (κ3) is 3.81. The van der Waals surface area contributed by atoms with Crippen LogP contribution in [0.3, 0.4) is 0 Å². The molecule has 2 unspecified atom stereocenters. The second-order valence-corrected chi connectivity index (χ2v) is 6.99. The lowest BCUT2D eigenvalue weighted by Gasteiger charge is -2.33. The second kappa shape index (κ2) is 6.69. The molecule has 1 saturated carbocycles. The molecule has 2 rings (SSSR count). The third-order valence-electron chi connectivity index (χ3n) is 4.01. The van der Waals surface area contributed by atoms with Gasteiger partial charge in [-0.15, -0.1) is 11.3 Å². The Balaban J connectivity index is 1.87. The molecule has 1 N–H and O–H groups in total. The summed E-state index contributed by atoms with van der Waals surface area (Å²) in [5.74, 6) is 0.911. The van der Waals surface area contributed by atoms with Gasteiger partial charge in [0.2, 0.25) is 0 Å². The number of rotatable bonds is 5. The van der Waals surface area contributed by atoms with E-state index in [0.717, 1.165) is 25.0 Å². The predicted molar refractivity (Wildman–Crippen MR) is 80.0 cm³/mol. The molecule has 1 aliphatic rings. The van der Waals surface area contributed by atoms with Gasteiger partial charge in [0.25, 0.3) is 0 Å². The number of nitrogens with zero attached hydrogens (tertiary/aromatic N) is 1. The molecule has 1 aromatic heterocycles. The lowest BCUT2D eigenvalue weighted by Crippen LogP contribution is -2.34. The molecular weight excluding hydrogens is 240 g/mol. The summed E-state index contributed by atoms with van der Waals surface area (Å²) < 4.78 is 0. The molecule has 18 heavy (non-hydrogen) atoms. The number of hydrogen-bond donors (Lipinski definition) is 1. The highest BCUT2D eigenvalue weighted by molar-refractivity contribution is 7.11. The van der Waals surface area contributed by atoms with E-state index in [0.29, 0.717) is 0 Å². The quantitative estimate of drug-likeness (QED) is 0.878. The Morgan fingerprint density at radius 3 is 2.83 bits per heavy atom. The maximum atomic E-state index is 3.22. The minimum absolute atomic E-state index is 0.795. The van der Waals surface area contributed by atoms with E-state index in [4.69, 9.17) is 0 Å². The maximum Gasteiger partial charge on any atom is 0.0327 e. The van der Waals surface area contributed by atoms with Crippen LogP contribution < -0.4 is 5.32 Å². The fourth-order valence-electron chi connectivity index (χ4n) is 2.95. The van der Waals surface area contributed by atoms with Crippen molar-refractivity contribution in [2.45, 2.75) is 51.7 Å². The summed E-state index contributed by atoms with van der Waals surface area (Å²) in [7, 11) is 4.30. The van der Waals surface area contributed by atoms with Crippen LogP contribution in [0, 0.1) is 5.92 Å². The van der Waals surface area contributed by atoms with Crippen molar-refractivity contribution in [1.29, 1.82) is 0 Å². The van der Waals surface area contributed by atoms with Gasteiger partial charge in [0.1, 0.15) is 0 Å². The number of nitrogens with one attached hydrogen (secondary N) is 1. The molecule has 1 fully saturated rings. The molecule has 0 spiro atoms. The Kier molecular flexibility index (Phi) is 5.22. The highest BCUT2D eigenvalue weighted by Crippen LogP contribution is 2.28. The van der Waals surface area contributed by atoms with Gasteiger partial charge in [-0.05, 0) is 45.0 Å². The molecule has 0 amide bonds. The Morgan fingerprint density at radius 2 is 2.11 bits per heavy atom. The van der Waals surface area contributed by atoms with Crippen LogP contribution in [0.4, 0.5) is 0 Å². The molecule has 2 atom stereocenters. The topological polar surface area (TPSA) is 15.3 Å². The highest BCUT2D eigenvalue weighted by atomic mass is 32.1. The first-order valence-electron chi connectivity index (χ1n) is 7.11. The van der Waals surface area contributed by atoms with E-state index >= 15 is 0 Å². The Morgan fingerprint density at radius 1 is 1.33 bits per heavy atom. The van der Waals surface area contributed by atoms with Crippen molar-refractivity contribution in [3.63, 3.8) is 0 Å². The van der Waals surface area contributed by atoms with E-state index in [2.05, 4.69) is 36.3 Å². The van der Waals surface area contributed by atoms with Crippen molar-refractivity contribution in [1.82, 2.24) is 10.2 Å². The van der Waals surface area contributed by atoms with Crippen LogP contribution in [0.15, 0.2) is 12.1 Å². The van der Waals surface area contributed by atoms with Crippen molar-refractivity contribution in [2.75, 3.05) is 14.1 Å². The van der Waals surface area contributed by atoms with Gasteiger partial charge < -0.3 is 5.32 Å². The lowest BCUT2D eigenvalue weighted by molar-refractivity contribution is 0.159. The standard InChI is InChI=1S/C15H26N2S/c1-12-5-4-6-13(9-12)17(3)11-15-8-7-14(18-15)10-16-2/h7-8,12-13,16H,4-6,9-11H2,1-3H3. The van der Waals surface area contributed by atoms with Gasteiger partial charge >= 0.3 is 0 Å². The van der Waals surface area contributed by atoms with Gasteiger partial charge in [-0.3, -0.25) is 4.90 Å². The van der Waals surface area contributed by atoms with Gasteiger partial charge in [-0.2, -0.15) is 0 Å². The van der Waals surface area contributed by atoms with Crippen LogP contribution in [-0.2, 0) is 13.1 Å². The van der Waals surface area contributed by atoms with E-state index < -0.39 is 0 Å². The van der Waals surface area contributed by atoms with Gasteiger partial charge in [-0.25, -0.2) is 0 Å². The molecule has 1 aromatic rings. The largest absolute Gasteiger partial charge is 0.315 e. The fraction of sp³-hybridized carbons (Fsp3) is 0.733. The minimum Gasteiger partial charge on any atom is -0.315 e. The van der Waals surface area contributed by atoms with Crippen LogP contribution in [0.1, 0.15) is 42.4 Å².